The van der Waals surface area contributed by atoms with Crippen LogP contribution in [-0.2, 0) is 4.74 Å². The Bertz CT molecular complexity index is 766. The molecule has 0 unspecified atom stereocenters. The van der Waals surface area contributed by atoms with E-state index in [1.807, 2.05) is 51.1 Å². The number of halogens is 1. The summed E-state index contributed by atoms with van der Waals surface area (Å²) in [5.74, 6) is 6.06. The first kappa shape index (κ1) is 17.8. The summed E-state index contributed by atoms with van der Waals surface area (Å²) in [7, 11) is 1.67. The number of carbonyl (C=O) groups excluding carboxylic acids is 1. The van der Waals surface area contributed by atoms with Crippen molar-refractivity contribution in [1.82, 2.24) is 4.98 Å². The Morgan fingerprint density at radius 2 is 1.67 bits per heavy atom. The number of amides is 1. The molecule has 1 aromatic carbocycles. The van der Waals surface area contributed by atoms with Gasteiger partial charge in [0.1, 0.15) is 10.8 Å². The Morgan fingerprint density at radius 1 is 1.08 bits per heavy atom. The van der Waals surface area contributed by atoms with E-state index in [2.05, 4.69) is 16.8 Å². The molecule has 0 N–H and O–H groups in total. The fourth-order valence-electron chi connectivity index (χ4n) is 1.80. The largest absolute Gasteiger partial charge is 0.443 e. The van der Waals surface area contributed by atoms with Gasteiger partial charge in [0.05, 0.1) is 0 Å². The van der Waals surface area contributed by atoms with E-state index in [0.29, 0.717) is 5.15 Å². The second-order valence-corrected chi connectivity index (χ2v) is 6.59. The van der Waals surface area contributed by atoms with Crippen LogP contribution in [0, 0.1) is 11.8 Å². The van der Waals surface area contributed by atoms with E-state index >= 15 is 0 Å². The topological polar surface area (TPSA) is 42.4 Å². The monoisotopic (exact) mass is 342 g/mol. The van der Waals surface area contributed by atoms with Gasteiger partial charge in [-0.05, 0) is 57.2 Å². The summed E-state index contributed by atoms with van der Waals surface area (Å²) in [6.07, 6.45) is 1.23. The third-order valence-electron chi connectivity index (χ3n) is 3.00. The molecule has 124 valence electrons. The van der Waals surface area contributed by atoms with E-state index < -0.39 is 11.7 Å². The van der Waals surface area contributed by atoms with Gasteiger partial charge in [-0.3, -0.25) is 4.90 Å². The van der Waals surface area contributed by atoms with Crippen molar-refractivity contribution < 1.29 is 9.53 Å². The number of benzene rings is 1. The van der Waals surface area contributed by atoms with Crippen LogP contribution in [0.25, 0.3) is 0 Å². The molecule has 0 spiro atoms. The minimum Gasteiger partial charge on any atom is -0.443 e. The molecule has 4 nitrogen and oxygen atoms in total. The second-order valence-electron chi connectivity index (χ2n) is 6.21. The van der Waals surface area contributed by atoms with Crippen LogP contribution in [0.2, 0.25) is 5.15 Å². The Morgan fingerprint density at radius 3 is 2.21 bits per heavy atom. The van der Waals surface area contributed by atoms with Crippen molar-refractivity contribution in [3.63, 3.8) is 0 Å². The van der Waals surface area contributed by atoms with Gasteiger partial charge >= 0.3 is 6.09 Å². The predicted octanol–water partition coefficient (Wildman–Crippen LogP) is 4.51. The molecule has 1 heterocycles. The highest BCUT2D eigenvalue weighted by atomic mass is 35.5. The number of anilines is 1. The average molecular weight is 343 g/mol. The first-order valence-electron chi connectivity index (χ1n) is 7.45. The van der Waals surface area contributed by atoms with Crippen LogP contribution < -0.4 is 4.90 Å². The number of nitrogens with zero attached hydrogens (tertiary/aromatic N) is 2. The predicted molar refractivity (Wildman–Crippen MR) is 96.3 cm³/mol. The lowest BCUT2D eigenvalue weighted by Gasteiger charge is -2.24. The van der Waals surface area contributed by atoms with Crippen LogP contribution in [0.3, 0.4) is 0 Å². The molecule has 5 heteroatoms. The van der Waals surface area contributed by atoms with Crippen LogP contribution in [0.1, 0.15) is 31.9 Å². The molecule has 0 bridgehead atoms. The van der Waals surface area contributed by atoms with Gasteiger partial charge in [0.25, 0.3) is 0 Å². The molecule has 0 radical (unpaired) electrons. The highest BCUT2D eigenvalue weighted by Crippen LogP contribution is 2.17. The van der Waals surface area contributed by atoms with Crippen LogP contribution in [0.5, 0.6) is 0 Å². The molecule has 24 heavy (non-hydrogen) atoms. The van der Waals surface area contributed by atoms with Crippen molar-refractivity contribution in [2.24, 2.45) is 0 Å². The fourth-order valence-corrected chi connectivity index (χ4v) is 1.91. The van der Waals surface area contributed by atoms with Crippen LogP contribution in [0.4, 0.5) is 10.5 Å². The molecular formula is C19H19ClN2O2. The lowest BCUT2D eigenvalue weighted by Crippen LogP contribution is -2.34. The zero-order valence-corrected chi connectivity index (χ0v) is 14.9. The quantitative estimate of drug-likeness (QED) is 0.565. The number of hydrogen-bond acceptors (Lipinski definition) is 3. The van der Waals surface area contributed by atoms with Crippen molar-refractivity contribution >= 4 is 23.4 Å². The minimum atomic E-state index is -0.524. The third kappa shape index (κ3) is 5.29. The molecular weight excluding hydrogens is 324 g/mol. The van der Waals surface area contributed by atoms with Gasteiger partial charge in [-0.1, -0.05) is 23.4 Å². The Kier molecular flexibility index (Phi) is 5.48. The van der Waals surface area contributed by atoms with Crippen molar-refractivity contribution in [3.8, 4) is 11.8 Å². The van der Waals surface area contributed by atoms with Crippen molar-refractivity contribution in [2.75, 3.05) is 11.9 Å². The normalized spacial score (nSPS) is 10.5. The molecule has 0 aliphatic carbocycles. The van der Waals surface area contributed by atoms with Gasteiger partial charge in [0.2, 0.25) is 0 Å². The molecule has 1 amide bonds. The van der Waals surface area contributed by atoms with Gasteiger partial charge < -0.3 is 4.74 Å². The van der Waals surface area contributed by atoms with E-state index in [1.165, 1.54) is 4.90 Å². The molecule has 0 atom stereocenters. The molecule has 0 aliphatic heterocycles. The first-order valence-corrected chi connectivity index (χ1v) is 7.83. The maximum Gasteiger partial charge on any atom is 0.414 e. The number of hydrogen-bond donors (Lipinski definition) is 0. The maximum absolute atomic E-state index is 12.0. The summed E-state index contributed by atoms with van der Waals surface area (Å²) in [4.78, 5) is 17.5. The number of carbonyl (C=O) groups is 1. The lowest BCUT2D eigenvalue weighted by atomic mass is 10.2. The van der Waals surface area contributed by atoms with Crippen molar-refractivity contribution in [3.05, 3.63) is 58.9 Å². The number of rotatable bonds is 1. The zero-order chi connectivity index (χ0) is 17.7. The molecule has 2 rings (SSSR count). The Balaban J connectivity index is 2.08. The van der Waals surface area contributed by atoms with E-state index in [4.69, 9.17) is 16.3 Å². The van der Waals surface area contributed by atoms with Crippen LogP contribution in [0.15, 0.2) is 42.6 Å². The molecule has 2 aromatic rings. The maximum atomic E-state index is 12.0. The van der Waals surface area contributed by atoms with Gasteiger partial charge in [-0.15, -0.1) is 0 Å². The molecule has 0 saturated heterocycles. The molecule has 0 saturated carbocycles. The number of ether oxygens (including phenoxy) is 1. The van der Waals surface area contributed by atoms with E-state index in [-0.39, 0.29) is 0 Å². The van der Waals surface area contributed by atoms with E-state index in [0.717, 1.165) is 16.8 Å². The highest BCUT2D eigenvalue weighted by Gasteiger charge is 2.20. The SMILES string of the molecule is CN(C(=O)OC(C)(C)C)c1ccc(C#Cc2ccc(Cl)nc2)cc1. The van der Waals surface area contributed by atoms with Gasteiger partial charge in [0.15, 0.2) is 0 Å². The summed E-state index contributed by atoms with van der Waals surface area (Å²) >= 11 is 5.74. The third-order valence-corrected chi connectivity index (χ3v) is 3.22. The number of aromatic nitrogens is 1. The summed E-state index contributed by atoms with van der Waals surface area (Å²) in [6.45, 7) is 5.51. The minimum absolute atomic E-state index is 0.395. The molecule has 0 fully saturated rings. The lowest BCUT2D eigenvalue weighted by molar-refractivity contribution is 0.0589. The van der Waals surface area contributed by atoms with Gasteiger partial charge in [0, 0.05) is 30.1 Å². The number of pyridine rings is 1. The zero-order valence-electron chi connectivity index (χ0n) is 14.1. The summed E-state index contributed by atoms with van der Waals surface area (Å²) in [5.41, 5.74) is 1.84. The van der Waals surface area contributed by atoms with Crippen molar-refractivity contribution in [1.29, 1.82) is 0 Å². The van der Waals surface area contributed by atoms with E-state index in [9.17, 15) is 4.79 Å². The van der Waals surface area contributed by atoms with Crippen LogP contribution >= 0.6 is 11.6 Å². The average Bonchev–Trinajstić information content (AvgIpc) is 2.52. The van der Waals surface area contributed by atoms with Gasteiger partial charge in [-0.25, -0.2) is 9.78 Å². The van der Waals surface area contributed by atoms with Gasteiger partial charge in [-0.2, -0.15) is 0 Å². The summed E-state index contributed by atoms with van der Waals surface area (Å²) in [6, 6.07) is 10.9. The molecule has 1 aromatic heterocycles. The molecule has 0 aliphatic rings. The van der Waals surface area contributed by atoms with Crippen molar-refractivity contribution in [2.45, 2.75) is 26.4 Å². The fraction of sp³-hybridized carbons (Fsp3) is 0.263. The first-order chi connectivity index (χ1) is 11.2. The smallest absolute Gasteiger partial charge is 0.414 e. The Labute approximate surface area is 147 Å². The van der Waals surface area contributed by atoms with E-state index in [1.54, 1.807) is 19.3 Å². The summed E-state index contributed by atoms with van der Waals surface area (Å²) < 4.78 is 5.34. The highest BCUT2D eigenvalue weighted by molar-refractivity contribution is 6.29. The second kappa shape index (κ2) is 7.37. The van der Waals surface area contributed by atoms with Crippen LogP contribution in [-0.4, -0.2) is 23.7 Å². The summed E-state index contributed by atoms with van der Waals surface area (Å²) in [5, 5.41) is 0.440. The standard InChI is InChI=1S/C19H19ClN2O2/c1-19(2,3)24-18(23)22(4)16-10-7-14(8-11-16)5-6-15-9-12-17(20)21-13-15/h7-13H,1-4H3. The Hall–Kier alpha value is -2.51.